The number of carbonyl (C=O) groups is 1. The number of fused-ring (bicyclic) bond motifs is 2. The third-order valence-electron chi connectivity index (χ3n) is 4.54. The molecule has 144 valence electrons. The molecule has 7 nitrogen and oxygen atoms in total. The maximum Gasteiger partial charge on any atom is 0.255 e. The van der Waals surface area contributed by atoms with Crippen molar-refractivity contribution >= 4 is 28.8 Å². The van der Waals surface area contributed by atoms with E-state index in [1.807, 2.05) is 41.1 Å². The summed E-state index contributed by atoms with van der Waals surface area (Å²) in [5.74, 6) is 1.19. The van der Waals surface area contributed by atoms with E-state index in [0.29, 0.717) is 24.5 Å². The summed E-state index contributed by atoms with van der Waals surface area (Å²) in [4.78, 5) is 21.0. The molecule has 1 aliphatic rings. The second-order valence-corrected chi connectivity index (χ2v) is 6.88. The van der Waals surface area contributed by atoms with Gasteiger partial charge in [0.05, 0.1) is 11.4 Å². The Kier molecular flexibility index (Phi) is 4.29. The van der Waals surface area contributed by atoms with Crippen molar-refractivity contribution in [2.45, 2.75) is 0 Å². The van der Waals surface area contributed by atoms with Gasteiger partial charge in [0.15, 0.2) is 11.5 Å². The SMILES string of the molecule is O=C(Nc1ccc2nc(-c3ccc4c(c3)OCCO4)cn2c1)c1ccnc(Cl)c1. The molecular weight excluding hydrogens is 392 g/mol. The van der Waals surface area contributed by atoms with Gasteiger partial charge in [0.2, 0.25) is 0 Å². The van der Waals surface area contributed by atoms with Gasteiger partial charge in [-0.05, 0) is 42.5 Å². The maximum absolute atomic E-state index is 12.4. The van der Waals surface area contributed by atoms with E-state index in [-0.39, 0.29) is 11.1 Å². The summed E-state index contributed by atoms with van der Waals surface area (Å²) in [5.41, 5.74) is 3.57. The number of carbonyl (C=O) groups excluding carboxylic acids is 1. The molecule has 0 saturated heterocycles. The smallest absolute Gasteiger partial charge is 0.255 e. The van der Waals surface area contributed by atoms with E-state index in [4.69, 9.17) is 21.1 Å². The summed E-state index contributed by atoms with van der Waals surface area (Å²) in [6.45, 7) is 1.09. The van der Waals surface area contributed by atoms with Gasteiger partial charge in [-0.1, -0.05) is 11.6 Å². The molecular formula is C21H15ClN4O3. The summed E-state index contributed by atoms with van der Waals surface area (Å²) in [6, 6.07) is 12.5. The Morgan fingerprint density at radius 3 is 2.76 bits per heavy atom. The van der Waals surface area contributed by atoms with Crippen molar-refractivity contribution in [1.29, 1.82) is 0 Å². The van der Waals surface area contributed by atoms with Gasteiger partial charge in [-0.2, -0.15) is 0 Å². The van der Waals surface area contributed by atoms with Crippen LogP contribution >= 0.6 is 11.6 Å². The molecule has 0 saturated carbocycles. The van der Waals surface area contributed by atoms with Crippen LogP contribution in [0.2, 0.25) is 5.15 Å². The number of anilines is 1. The molecule has 29 heavy (non-hydrogen) atoms. The lowest BCUT2D eigenvalue weighted by atomic mass is 10.1. The van der Waals surface area contributed by atoms with Crippen molar-refractivity contribution < 1.29 is 14.3 Å². The largest absolute Gasteiger partial charge is 0.486 e. The van der Waals surface area contributed by atoms with Crippen LogP contribution < -0.4 is 14.8 Å². The van der Waals surface area contributed by atoms with E-state index >= 15 is 0 Å². The molecule has 3 aromatic heterocycles. The molecule has 0 bridgehead atoms. The molecule has 0 unspecified atom stereocenters. The Hall–Kier alpha value is -3.58. The number of aromatic nitrogens is 3. The van der Waals surface area contributed by atoms with E-state index < -0.39 is 0 Å². The topological polar surface area (TPSA) is 77.8 Å². The Morgan fingerprint density at radius 1 is 1.03 bits per heavy atom. The minimum Gasteiger partial charge on any atom is -0.486 e. The van der Waals surface area contributed by atoms with Gasteiger partial charge in [-0.3, -0.25) is 4.79 Å². The first kappa shape index (κ1) is 17.5. The molecule has 8 heteroatoms. The highest BCUT2D eigenvalue weighted by Gasteiger charge is 2.14. The number of nitrogens with one attached hydrogen (secondary N) is 1. The summed E-state index contributed by atoms with van der Waals surface area (Å²) < 4.78 is 13.1. The van der Waals surface area contributed by atoms with Crippen LogP contribution in [0.15, 0.2) is 61.1 Å². The van der Waals surface area contributed by atoms with Crippen LogP contribution in [-0.4, -0.2) is 33.5 Å². The predicted molar refractivity (Wildman–Crippen MR) is 109 cm³/mol. The van der Waals surface area contributed by atoms with Crippen molar-refractivity contribution in [3.8, 4) is 22.8 Å². The number of imidazole rings is 1. The molecule has 1 aromatic carbocycles. The van der Waals surface area contributed by atoms with Crippen molar-refractivity contribution in [2.24, 2.45) is 0 Å². The Balaban J connectivity index is 1.42. The quantitative estimate of drug-likeness (QED) is 0.519. The number of hydrogen-bond donors (Lipinski definition) is 1. The number of hydrogen-bond acceptors (Lipinski definition) is 5. The van der Waals surface area contributed by atoms with Gasteiger partial charge in [-0.15, -0.1) is 0 Å². The van der Waals surface area contributed by atoms with Crippen LogP contribution in [0.5, 0.6) is 11.5 Å². The van der Waals surface area contributed by atoms with E-state index in [0.717, 1.165) is 28.4 Å². The predicted octanol–water partition coefficient (Wildman–Crippen LogP) is 4.07. The van der Waals surface area contributed by atoms with Crippen molar-refractivity contribution in [3.63, 3.8) is 0 Å². The van der Waals surface area contributed by atoms with Gasteiger partial charge in [0.1, 0.15) is 24.0 Å². The minimum absolute atomic E-state index is 0.263. The average molecular weight is 407 g/mol. The zero-order chi connectivity index (χ0) is 19.8. The number of halogens is 1. The second kappa shape index (κ2) is 7.10. The third kappa shape index (κ3) is 3.48. The number of nitrogens with zero attached hydrogens (tertiary/aromatic N) is 3. The van der Waals surface area contributed by atoms with Gasteiger partial charge in [-0.25, -0.2) is 9.97 Å². The van der Waals surface area contributed by atoms with Crippen molar-refractivity contribution in [1.82, 2.24) is 14.4 Å². The molecule has 4 heterocycles. The Bertz CT molecular complexity index is 1240. The number of ether oxygens (including phenoxy) is 2. The molecule has 4 aromatic rings. The molecule has 1 amide bonds. The normalized spacial score (nSPS) is 12.7. The highest BCUT2D eigenvalue weighted by atomic mass is 35.5. The van der Waals surface area contributed by atoms with Gasteiger partial charge in [0, 0.05) is 29.7 Å². The fraction of sp³-hybridized carbons (Fsp3) is 0.0952. The Labute approximate surface area is 170 Å². The molecule has 5 rings (SSSR count). The lowest BCUT2D eigenvalue weighted by Crippen LogP contribution is -2.15. The molecule has 1 aliphatic heterocycles. The summed E-state index contributed by atoms with van der Waals surface area (Å²) in [6.07, 6.45) is 5.21. The van der Waals surface area contributed by atoms with E-state index in [1.165, 1.54) is 12.3 Å². The van der Waals surface area contributed by atoms with Crippen LogP contribution in [0.4, 0.5) is 5.69 Å². The zero-order valence-electron chi connectivity index (χ0n) is 15.1. The molecule has 0 atom stereocenters. The number of benzene rings is 1. The first-order valence-electron chi connectivity index (χ1n) is 8.97. The fourth-order valence-electron chi connectivity index (χ4n) is 3.15. The molecule has 0 aliphatic carbocycles. The average Bonchev–Trinajstić information content (AvgIpc) is 3.17. The first-order chi connectivity index (χ1) is 14.2. The fourth-order valence-corrected chi connectivity index (χ4v) is 3.33. The monoisotopic (exact) mass is 406 g/mol. The third-order valence-corrected chi connectivity index (χ3v) is 4.74. The Morgan fingerprint density at radius 2 is 1.90 bits per heavy atom. The van der Waals surface area contributed by atoms with Crippen LogP contribution in [0.25, 0.3) is 16.9 Å². The number of rotatable bonds is 3. The maximum atomic E-state index is 12.4. The van der Waals surface area contributed by atoms with Gasteiger partial charge < -0.3 is 19.2 Å². The summed E-state index contributed by atoms with van der Waals surface area (Å²) in [7, 11) is 0. The van der Waals surface area contributed by atoms with Crippen LogP contribution in [-0.2, 0) is 0 Å². The van der Waals surface area contributed by atoms with Crippen LogP contribution in [0.3, 0.4) is 0 Å². The minimum atomic E-state index is -0.263. The van der Waals surface area contributed by atoms with Gasteiger partial charge >= 0.3 is 0 Å². The highest BCUT2D eigenvalue weighted by molar-refractivity contribution is 6.29. The number of pyridine rings is 2. The van der Waals surface area contributed by atoms with Crippen molar-refractivity contribution in [2.75, 3.05) is 18.5 Å². The zero-order valence-corrected chi connectivity index (χ0v) is 15.9. The van der Waals surface area contributed by atoms with E-state index in [2.05, 4.69) is 15.3 Å². The van der Waals surface area contributed by atoms with Crippen LogP contribution in [0, 0.1) is 0 Å². The number of amides is 1. The highest BCUT2D eigenvalue weighted by Crippen LogP contribution is 2.34. The molecule has 0 spiro atoms. The van der Waals surface area contributed by atoms with E-state index in [1.54, 1.807) is 12.1 Å². The van der Waals surface area contributed by atoms with Crippen LogP contribution in [0.1, 0.15) is 10.4 Å². The second-order valence-electron chi connectivity index (χ2n) is 6.49. The first-order valence-corrected chi connectivity index (χ1v) is 9.35. The van der Waals surface area contributed by atoms with E-state index in [9.17, 15) is 4.79 Å². The lowest BCUT2D eigenvalue weighted by Gasteiger charge is -2.18. The molecule has 0 fully saturated rings. The lowest BCUT2D eigenvalue weighted by molar-refractivity contribution is 0.102. The molecule has 0 radical (unpaired) electrons. The summed E-state index contributed by atoms with van der Waals surface area (Å²) in [5, 5.41) is 3.13. The standard InChI is InChI=1S/C21H15ClN4O3/c22-19-10-14(5-6-23-19)21(27)24-15-2-4-20-25-16(12-26(20)11-15)13-1-3-17-18(9-13)29-8-7-28-17/h1-6,9-12H,7-8H2,(H,24,27). The van der Waals surface area contributed by atoms with Crippen molar-refractivity contribution in [3.05, 3.63) is 71.8 Å². The summed E-state index contributed by atoms with van der Waals surface area (Å²) >= 11 is 5.86. The van der Waals surface area contributed by atoms with Gasteiger partial charge in [0.25, 0.3) is 5.91 Å². The molecule has 1 N–H and O–H groups in total.